The molecule has 0 fully saturated rings. The van der Waals surface area contributed by atoms with E-state index >= 15 is 0 Å². The second-order valence-corrected chi connectivity index (χ2v) is 4.44. The summed E-state index contributed by atoms with van der Waals surface area (Å²) in [4.78, 5) is 0. The highest BCUT2D eigenvalue weighted by Crippen LogP contribution is 2.00. The Bertz CT molecular complexity index is 125. The largest absolute Gasteiger partial charge is 1.00 e. The number of halogens is 1. The highest BCUT2D eigenvalue weighted by Gasteiger charge is 2.00. The van der Waals surface area contributed by atoms with Crippen molar-refractivity contribution in [3.05, 3.63) is 12.2 Å². The summed E-state index contributed by atoms with van der Waals surface area (Å²) in [6, 6.07) is 0. The van der Waals surface area contributed by atoms with E-state index in [-0.39, 0.29) is 12.4 Å². The Hall–Kier alpha value is -0.0100. The molecule has 0 aromatic heterocycles. The van der Waals surface area contributed by atoms with Crippen LogP contribution in [0.5, 0.6) is 0 Å². The van der Waals surface area contributed by atoms with Gasteiger partial charge in [0.25, 0.3) is 0 Å². The van der Waals surface area contributed by atoms with Crippen LogP contribution in [-0.2, 0) is 0 Å². The van der Waals surface area contributed by atoms with Crippen LogP contribution in [0.4, 0.5) is 0 Å². The second-order valence-electron chi connectivity index (χ2n) is 4.44. The van der Waals surface area contributed by atoms with Crippen LogP contribution in [0.2, 0.25) is 0 Å². The molecule has 0 amide bonds. The second kappa shape index (κ2) is 8.58. The van der Waals surface area contributed by atoms with E-state index in [2.05, 4.69) is 40.2 Å². The number of likely N-dealkylation sites (N-methyl/N-ethyl adjacent to an activating group) is 1. The molecule has 0 atom stereocenters. The molecule has 80 valence electrons. The predicted molar refractivity (Wildman–Crippen MR) is 56.2 cm³/mol. The van der Waals surface area contributed by atoms with Gasteiger partial charge >= 0.3 is 0 Å². The third-order valence-electron chi connectivity index (χ3n) is 1.79. The van der Waals surface area contributed by atoms with Gasteiger partial charge in [-0.15, -0.1) is 0 Å². The lowest BCUT2D eigenvalue weighted by atomic mass is 10.2. The van der Waals surface area contributed by atoms with Crippen molar-refractivity contribution in [3.8, 4) is 0 Å². The van der Waals surface area contributed by atoms with Crippen LogP contribution in [-0.4, -0.2) is 32.2 Å². The van der Waals surface area contributed by atoms with Crippen molar-refractivity contribution < 1.29 is 16.9 Å². The molecule has 0 saturated carbocycles. The molecule has 0 heterocycles. The van der Waals surface area contributed by atoms with E-state index in [0.29, 0.717) is 0 Å². The van der Waals surface area contributed by atoms with Crippen LogP contribution in [0.1, 0.15) is 32.6 Å². The van der Waals surface area contributed by atoms with Gasteiger partial charge < -0.3 is 16.9 Å². The molecule has 0 aromatic rings. The average molecular weight is 206 g/mol. The van der Waals surface area contributed by atoms with Crippen LogP contribution in [0.15, 0.2) is 12.2 Å². The lowest BCUT2D eigenvalue weighted by molar-refractivity contribution is -0.864. The molecule has 0 saturated heterocycles. The summed E-state index contributed by atoms with van der Waals surface area (Å²) < 4.78 is 1.03. The molecule has 2 heteroatoms. The summed E-state index contributed by atoms with van der Waals surface area (Å²) in [5.74, 6) is 0. The molecule has 0 radical (unpaired) electrons. The number of hydrogen-bond acceptors (Lipinski definition) is 0. The smallest absolute Gasteiger partial charge is 0.0967 e. The van der Waals surface area contributed by atoms with Crippen LogP contribution in [0.25, 0.3) is 0 Å². The van der Waals surface area contributed by atoms with E-state index < -0.39 is 0 Å². The first-order valence-corrected chi connectivity index (χ1v) is 5.01. The highest BCUT2D eigenvalue weighted by atomic mass is 35.5. The SMILES string of the molecule is CCCCCC=CC[N+](C)(C)C.[Cl-]. The third kappa shape index (κ3) is 14.8. The maximum absolute atomic E-state index is 2.32. The van der Waals surface area contributed by atoms with E-state index in [9.17, 15) is 0 Å². The minimum atomic E-state index is 0. The van der Waals surface area contributed by atoms with Gasteiger partial charge in [-0.1, -0.05) is 25.8 Å². The quantitative estimate of drug-likeness (QED) is 0.321. The molecule has 0 N–H and O–H groups in total. The molecule has 0 aliphatic heterocycles. The van der Waals surface area contributed by atoms with Crippen LogP contribution >= 0.6 is 0 Å². The maximum atomic E-state index is 2.32. The first-order chi connectivity index (χ1) is 5.56. The molecule has 0 aromatic carbocycles. The van der Waals surface area contributed by atoms with E-state index in [1.165, 1.54) is 25.7 Å². The minimum Gasteiger partial charge on any atom is -1.00 e. The summed E-state index contributed by atoms with van der Waals surface area (Å²) in [5.41, 5.74) is 0. The fraction of sp³-hybridized carbons (Fsp3) is 0.818. The first kappa shape index (κ1) is 15.5. The van der Waals surface area contributed by atoms with Gasteiger partial charge in [0.15, 0.2) is 0 Å². The summed E-state index contributed by atoms with van der Waals surface area (Å²) in [6.45, 7) is 3.39. The van der Waals surface area contributed by atoms with Gasteiger partial charge in [-0.25, -0.2) is 0 Å². The molecule has 1 nitrogen and oxygen atoms in total. The molecule has 0 unspecified atom stereocenters. The van der Waals surface area contributed by atoms with Crippen LogP contribution in [0.3, 0.4) is 0 Å². The van der Waals surface area contributed by atoms with Gasteiger partial charge in [0.2, 0.25) is 0 Å². The van der Waals surface area contributed by atoms with Gasteiger partial charge in [0.05, 0.1) is 27.7 Å². The third-order valence-corrected chi connectivity index (χ3v) is 1.79. The number of unbranched alkanes of at least 4 members (excludes halogenated alkanes) is 3. The fourth-order valence-electron chi connectivity index (χ4n) is 1.02. The zero-order valence-corrected chi connectivity index (χ0v) is 10.3. The van der Waals surface area contributed by atoms with Crippen molar-refractivity contribution in [1.82, 2.24) is 0 Å². The lowest BCUT2D eigenvalue weighted by Gasteiger charge is -2.21. The standard InChI is InChI=1S/C11H24N.ClH/c1-5-6-7-8-9-10-11-12(2,3)4;/h9-10H,5-8,11H2,1-4H3;1H/q+1;/p-1. The number of nitrogens with zero attached hydrogens (tertiary/aromatic N) is 1. The van der Waals surface area contributed by atoms with E-state index in [4.69, 9.17) is 0 Å². The van der Waals surface area contributed by atoms with Gasteiger partial charge in [-0.05, 0) is 18.9 Å². The van der Waals surface area contributed by atoms with Crippen molar-refractivity contribution in [1.29, 1.82) is 0 Å². The summed E-state index contributed by atoms with van der Waals surface area (Å²) >= 11 is 0. The Morgan fingerprint density at radius 2 is 1.62 bits per heavy atom. The molecule has 0 aliphatic rings. The number of allylic oxidation sites excluding steroid dienone is 1. The van der Waals surface area contributed by atoms with Crippen molar-refractivity contribution in [2.24, 2.45) is 0 Å². The highest BCUT2D eigenvalue weighted by molar-refractivity contribution is 4.80. The molecule has 0 spiro atoms. The van der Waals surface area contributed by atoms with Crippen molar-refractivity contribution in [3.63, 3.8) is 0 Å². The summed E-state index contributed by atoms with van der Waals surface area (Å²) in [6.07, 6.45) is 9.92. The van der Waals surface area contributed by atoms with Crippen molar-refractivity contribution >= 4 is 0 Å². The normalized spacial score (nSPS) is 11.7. The van der Waals surface area contributed by atoms with E-state index in [1.807, 2.05) is 0 Å². The van der Waals surface area contributed by atoms with Crippen LogP contribution < -0.4 is 12.4 Å². The zero-order chi connectivity index (χ0) is 9.45. The molecule has 0 rings (SSSR count). The topological polar surface area (TPSA) is 0 Å². The Labute approximate surface area is 89.8 Å². The Morgan fingerprint density at radius 3 is 2.08 bits per heavy atom. The van der Waals surface area contributed by atoms with Gasteiger partial charge in [0.1, 0.15) is 0 Å². The molecule has 0 bridgehead atoms. The van der Waals surface area contributed by atoms with Crippen molar-refractivity contribution in [2.75, 3.05) is 27.7 Å². The first-order valence-electron chi connectivity index (χ1n) is 5.01. The Kier molecular flexibility index (Phi) is 10.2. The van der Waals surface area contributed by atoms with E-state index in [1.54, 1.807) is 0 Å². The Balaban J connectivity index is 0. The maximum Gasteiger partial charge on any atom is 0.0967 e. The minimum absolute atomic E-state index is 0. The lowest BCUT2D eigenvalue weighted by Crippen LogP contribution is -3.00. The van der Waals surface area contributed by atoms with Gasteiger partial charge in [-0.3, -0.25) is 0 Å². The predicted octanol–water partition coefficient (Wildman–Crippen LogP) is -0.167. The van der Waals surface area contributed by atoms with E-state index in [0.717, 1.165) is 11.0 Å². The summed E-state index contributed by atoms with van der Waals surface area (Å²) in [7, 11) is 6.66. The summed E-state index contributed by atoms with van der Waals surface area (Å²) in [5, 5.41) is 0. The van der Waals surface area contributed by atoms with Gasteiger partial charge in [0, 0.05) is 0 Å². The average Bonchev–Trinajstić information content (AvgIpc) is 1.94. The Morgan fingerprint density at radius 1 is 1.00 bits per heavy atom. The zero-order valence-electron chi connectivity index (χ0n) is 9.52. The number of quaternary nitrogens is 1. The number of hydrogen-bond donors (Lipinski definition) is 0. The molecular weight excluding hydrogens is 182 g/mol. The van der Waals surface area contributed by atoms with Gasteiger partial charge in [-0.2, -0.15) is 0 Å². The van der Waals surface area contributed by atoms with Crippen molar-refractivity contribution in [2.45, 2.75) is 32.6 Å². The molecule has 13 heavy (non-hydrogen) atoms. The monoisotopic (exact) mass is 205 g/mol. The van der Waals surface area contributed by atoms with Crippen LogP contribution in [0, 0.1) is 0 Å². The fourth-order valence-corrected chi connectivity index (χ4v) is 1.02. The molecule has 0 aliphatic carbocycles. The number of rotatable bonds is 6. The molecular formula is C11H24ClN.